The molecule has 0 saturated heterocycles. The molecule has 15 heavy (non-hydrogen) atoms. The number of aromatic nitrogens is 2. The molecule has 1 heterocycles. The van der Waals surface area contributed by atoms with E-state index in [1.807, 2.05) is 6.07 Å². The molecule has 0 amide bonds. The zero-order valence-corrected chi connectivity index (χ0v) is 9.62. The van der Waals surface area contributed by atoms with Crippen molar-refractivity contribution in [3.63, 3.8) is 0 Å². The van der Waals surface area contributed by atoms with Crippen molar-refractivity contribution in [3.05, 3.63) is 18.1 Å². The van der Waals surface area contributed by atoms with E-state index in [0.717, 1.165) is 23.6 Å². The predicted octanol–water partition coefficient (Wildman–Crippen LogP) is 1.99. The highest BCUT2D eigenvalue weighted by Crippen LogP contribution is 2.21. The van der Waals surface area contributed by atoms with E-state index < -0.39 is 11.2 Å². The first-order valence-corrected chi connectivity index (χ1v) is 5.71. The van der Waals surface area contributed by atoms with Gasteiger partial charge in [-0.15, -0.1) is 0 Å². The zero-order chi connectivity index (χ0) is 11.3. The SMILES string of the molecule is CCCc1cc(SC(C)C(=O)O)ncn1. The van der Waals surface area contributed by atoms with Gasteiger partial charge in [-0.2, -0.15) is 0 Å². The molecule has 1 unspecified atom stereocenters. The number of carboxylic acid groups (broad SMARTS) is 1. The first kappa shape index (κ1) is 12.0. The second-order valence-corrected chi connectivity index (χ2v) is 4.56. The van der Waals surface area contributed by atoms with Crippen molar-refractivity contribution in [2.75, 3.05) is 0 Å². The molecule has 82 valence electrons. The number of hydrogen-bond acceptors (Lipinski definition) is 4. The van der Waals surface area contributed by atoms with Crippen molar-refractivity contribution < 1.29 is 9.90 Å². The second kappa shape index (κ2) is 5.70. The van der Waals surface area contributed by atoms with Crippen LogP contribution in [0.15, 0.2) is 17.4 Å². The van der Waals surface area contributed by atoms with Crippen LogP contribution in [0.5, 0.6) is 0 Å². The molecule has 1 aromatic heterocycles. The van der Waals surface area contributed by atoms with Crippen LogP contribution in [0.1, 0.15) is 26.0 Å². The first-order valence-electron chi connectivity index (χ1n) is 4.84. The summed E-state index contributed by atoms with van der Waals surface area (Å²) in [6.45, 7) is 3.73. The van der Waals surface area contributed by atoms with Crippen molar-refractivity contribution in [2.24, 2.45) is 0 Å². The molecule has 0 bridgehead atoms. The third kappa shape index (κ3) is 3.87. The zero-order valence-electron chi connectivity index (χ0n) is 8.80. The molecule has 0 saturated carbocycles. The van der Waals surface area contributed by atoms with Gasteiger partial charge >= 0.3 is 5.97 Å². The molecular formula is C10H14N2O2S. The number of rotatable bonds is 5. The summed E-state index contributed by atoms with van der Waals surface area (Å²) < 4.78 is 0. The van der Waals surface area contributed by atoms with Crippen LogP contribution in [0, 0.1) is 0 Å². The van der Waals surface area contributed by atoms with Gasteiger partial charge < -0.3 is 5.11 Å². The predicted molar refractivity (Wildman–Crippen MR) is 59.0 cm³/mol. The molecule has 0 spiro atoms. The molecule has 0 fully saturated rings. The van der Waals surface area contributed by atoms with Crippen LogP contribution >= 0.6 is 11.8 Å². The van der Waals surface area contributed by atoms with Crippen molar-refractivity contribution >= 4 is 17.7 Å². The topological polar surface area (TPSA) is 63.1 Å². The van der Waals surface area contributed by atoms with Gasteiger partial charge in [-0.25, -0.2) is 9.97 Å². The molecule has 4 nitrogen and oxygen atoms in total. The fraction of sp³-hybridized carbons (Fsp3) is 0.500. The summed E-state index contributed by atoms with van der Waals surface area (Å²) in [7, 11) is 0. The van der Waals surface area contributed by atoms with Crippen LogP contribution in [0.4, 0.5) is 0 Å². The number of carbonyl (C=O) groups is 1. The van der Waals surface area contributed by atoms with Gasteiger partial charge in [-0.3, -0.25) is 4.79 Å². The first-order chi connectivity index (χ1) is 7.13. The quantitative estimate of drug-likeness (QED) is 0.614. The molecule has 0 radical (unpaired) electrons. The summed E-state index contributed by atoms with van der Waals surface area (Å²) >= 11 is 1.24. The fourth-order valence-corrected chi connectivity index (χ4v) is 1.84. The normalized spacial score (nSPS) is 12.4. The minimum Gasteiger partial charge on any atom is -0.480 e. The van der Waals surface area contributed by atoms with Crippen LogP contribution in [-0.4, -0.2) is 26.3 Å². The summed E-state index contributed by atoms with van der Waals surface area (Å²) in [4.78, 5) is 18.8. The summed E-state index contributed by atoms with van der Waals surface area (Å²) in [6, 6.07) is 1.85. The standard InChI is InChI=1S/C10H14N2O2S/c1-3-4-8-5-9(12-6-11-8)15-7(2)10(13)14/h5-7H,3-4H2,1-2H3,(H,13,14). The Morgan fingerprint density at radius 2 is 2.33 bits per heavy atom. The van der Waals surface area contributed by atoms with E-state index in [1.165, 1.54) is 18.1 Å². The maximum absolute atomic E-state index is 10.7. The van der Waals surface area contributed by atoms with Gasteiger partial charge in [0.15, 0.2) is 0 Å². The summed E-state index contributed by atoms with van der Waals surface area (Å²) in [6.07, 6.45) is 3.41. The Morgan fingerprint density at radius 3 is 2.93 bits per heavy atom. The van der Waals surface area contributed by atoms with E-state index in [0.29, 0.717) is 0 Å². The van der Waals surface area contributed by atoms with Gasteiger partial charge in [0.05, 0.1) is 0 Å². The Balaban J connectivity index is 2.68. The van der Waals surface area contributed by atoms with Crippen molar-refractivity contribution in [2.45, 2.75) is 37.0 Å². The molecule has 0 aliphatic rings. The number of carboxylic acids is 1. The van der Waals surface area contributed by atoms with Gasteiger partial charge in [-0.05, 0) is 19.4 Å². The molecule has 0 aliphatic heterocycles. The second-order valence-electron chi connectivity index (χ2n) is 3.20. The Hall–Kier alpha value is -1.10. The third-order valence-electron chi connectivity index (χ3n) is 1.85. The van der Waals surface area contributed by atoms with E-state index in [1.54, 1.807) is 6.92 Å². The van der Waals surface area contributed by atoms with E-state index in [9.17, 15) is 4.79 Å². The van der Waals surface area contributed by atoms with Gasteiger partial charge in [0.2, 0.25) is 0 Å². The van der Waals surface area contributed by atoms with Gasteiger partial charge in [0.1, 0.15) is 16.6 Å². The maximum atomic E-state index is 10.7. The minimum absolute atomic E-state index is 0.477. The lowest BCUT2D eigenvalue weighted by Gasteiger charge is -2.05. The molecule has 1 rings (SSSR count). The monoisotopic (exact) mass is 226 g/mol. The number of aliphatic carboxylic acids is 1. The van der Waals surface area contributed by atoms with E-state index in [2.05, 4.69) is 16.9 Å². The highest BCUT2D eigenvalue weighted by atomic mass is 32.2. The molecule has 0 aliphatic carbocycles. The Kier molecular flexibility index (Phi) is 4.55. The smallest absolute Gasteiger partial charge is 0.316 e. The van der Waals surface area contributed by atoms with Crippen molar-refractivity contribution in [3.8, 4) is 0 Å². The Bertz CT molecular complexity index is 344. The van der Waals surface area contributed by atoms with Crippen LogP contribution in [0.2, 0.25) is 0 Å². The largest absolute Gasteiger partial charge is 0.480 e. The summed E-state index contributed by atoms with van der Waals surface area (Å²) in [5.41, 5.74) is 0.965. The lowest BCUT2D eigenvalue weighted by Crippen LogP contribution is -2.11. The minimum atomic E-state index is -0.823. The number of thioether (sulfide) groups is 1. The van der Waals surface area contributed by atoms with E-state index in [4.69, 9.17) is 5.11 Å². The summed E-state index contributed by atoms with van der Waals surface area (Å²) in [5, 5.41) is 9.00. The molecular weight excluding hydrogens is 212 g/mol. The number of hydrogen-bond donors (Lipinski definition) is 1. The Labute approximate surface area is 93.1 Å². The van der Waals surface area contributed by atoms with Crippen molar-refractivity contribution in [1.82, 2.24) is 9.97 Å². The fourth-order valence-electron chi connectivity index (χ4n) is 1.07. The lowest BCUT2D eigenvalue weighted by molar-refractivity contribution is -0.136. The number of nitrogens with zero attached hydrogens (tertiary/aromatic N) is 2. The third-order valence-corrected chi connectivity index (χ3v) is 2.87. The molecule has 1 aromatic rings. The van der Waals surface area contributed by atoms with Crippen LogP contribution < -0.4 is 0 Å². The number of aryl methyl sites for hydroxylation is 1. The molecule has 5 heteroatoms. The highest BCUT2D eigenvalue weighted by molar-refractivity contribution is 8.00. The van der Waals surface area contributed by atoms with E-state index >= 15 is 0 Å². The maximum Gasteiger partial charge on any atom is 0.316 e. The summed E-state index contributed by atoms with van der Waals surface area (Å²) in [5.74, 6) is -0.823. The van der Waals surface area contributed by atoms with Crippen LogP contribution in [-0.2, 0) is 11.2 Å². The molecule has 1 N–H and O–H groups in total. The van der Waals surface area contributed by atoms with Crippen LogP contribution in [0.3, 0.4) is 0 Å². The van der Waals surface area contributed by atoms with E-state index in [-0.39, 0.29) is 0 Å². The Morgan fingerprint density at radius 1 is 1.60 bits per heavy atom. The van der Waals surface area contributed by atoms with Crippen LogP contribution in [0.25, 0.3) is 0 Å². The highest BCUT2D eigenvalue weighted by Gasteiger charge is 2.13. The molecule has 1 atom stereocenters. The average molecular weight is 226 g/mol. The molecule has 0 aromatic carbocycles. The van der Waals surface area contributed by atoms with Gasteiger partial charge in [-0.1, -0.05) is 25.1 Å². The lowest BCUT2D eigenvalue weighted by atomic mass is 10.2. The van der Waals surface area contributed by atoms with Gasteiger partial charge in [0, 0.05) is 5.69 Å². The average Bonchev–Trinajstić information content (AvgIpc) is 2.18. The van der Waals surface area contributed by atoms with Gasteiger partial charge in [0.25, 0.3) is 0 Å². The van der Waals surface area contributed by atoms with Crippen molar-refractivity contribution in [1.29, 1.82) is 0 Å².